The third-order valence-corrected chi connectivity index (χ3v) is 5.30. The van der Waals surface area contributed by atoms with Crippen molar-refractivity contribution in [3.05, 3.63) is 29.3 Å². The first-order valence-corrected chi connectivity index (χ1v) is 9.61. The molecule has 1 aliphatic rings. The Hall–Kier alpha value is -1.59. The van der Waals surface area contributed by atoms with Crippen molar-refractivity contribution in [1.29, 1.82) is 0 Å². The molecule has 1 heterocycles. The first kappa shape index (κ1) is 20.7. The number of piperidine rings is 1. The fourth-order valence-corrected chi connectivity index (χ4v) is 3.68. The quantitative estimate of drug-likeness (QED) is 0.746. The summed E-state index contributed by atoms with van der Waals surface area (Å²) in [5, 5.41) is 6.44. The van der Waals surface area contributed by atoms with Crippen molar-refractivity contribution in [2.45, 2.75) is 52.6 Å². The second kappa shape index (κ2) is 9.38. The van der Waals surface area contributed by atoms with E-state index in [1.807, 2.05) is 12.1 Å². The summed E-state index contributed by atoms with van der Waals surface area (Å²) < 4.78 is 11.3. The predicted octanol–water partition coefficient (Wildman–Crippen LogP) is 3.02. The van der Waals surface area contributed by atoms with Gasteiger partial charge in [-0.1, -0.05) is 19.9 Å². The maximum Gasteiger partial charge on any atom is 0.260 e. The van der Waals surface area contributed by atoms with Crippen LogP contribution >= 0.6 is 0 Å². The minimum Gasteiger partial charge on any atom is -0.481 e. The Morgan fingerprint density at radius 1 is 1.27 bits per heavy atom. The zero-order valence-corrected chi connectivity index (χ0v) is 16.9. The molecule has 1 amide bonds. The van der Waals surface area contributed by atoms with Gasteiger partial charge >= 0.3 is 0 Å². The van der Waals surface area contributed by atoms with Crippen LogP contribution in [-0.4, -0.2) is 45.4 Å². The van der Waals surface area contributed by atoms with E-state index in [0.29, 0.717) is 19.1 Å². The van der Waals surface area contributed by atoms with Gasteiger partial charge in [-0.2, -0.15) is 0 Å². The summed E-state index contributed by atoms with van der Waals surface area (Å²) in [7, 11) is 1.72. The Labute approximate surface area is 157 Å². The van der Waals surface area contributed by atoms with Crippen molar-refractivity contribution < 1.29 is 14.3 Å². The highest BCUT2D eigenvalue weighted by molar-refractivity contribution is 5.80. The third kappa shape index (κ3) is 5.45. The Balaban J connectivity index is 1.91. The molecule has 0 spiro atoms. The molecule has 0 aliphatic carbocycles. The van der Waals surface area contributed by atoms with Gasteiger partial charge in [-0.3, -0.25) is 4.79 Å². The van der Waals surface area contributed by atoms with E-state index in [9.17, 15) is 4.79 Å². The van der Waals surface area contributed by atoms with Crippen LogP contribution in [0.2, 0.25) is 0 Å². The summed E-state index contributed by atoms with van der Waals surface area (Å²) in [6.45, 7) is 11.5. The van der Waals surface area contributed by atoms with Crippen LogP contribution in [-0.2, 0) is 9.53 Å². The predicted molar refractivity (Wildman–Crippen MR) is 105 cm³/mol. The topological polar surface area (TPSA) is 59.6 Å². The van der Waals surface area contributed by atoms with Crippen LogP contribution in [0.25, 0.3) is 0 Å². The van der Waals surface area contributed by atoms with Crippen LogP contribution in [0.3, 0.4) is 0 Å². The van der Waals surface area contributed by atoms with Gasteiger partial charge in [0.2, 0.25) is 0 Å². The molecular formula is C21H34N2O3. The lowest BCUT2D eigenvalue weighted by atomic mass is 9.79. The van der Waals surface area contributed by atoms with Crippen LogP contribution in [0.4, 0.5) is 0 Å². The van der Waals surface area contributed by atoms with E-state index in [1.54, 1.807) is 14.0 Å². The van der Waals surface area contributed by atoms with E-state index in [0.717, 1.165) is 31.7 Å². The van der Waals surface area contributed by atoms with Gasteiger partial charge < -0.3 is 20.1 Å². The summed E-state index contributed by atoms with van der Waals surface area (Å²) >= 11 is 0. The Morgan fingerprint density at radius 3 is 2.54 bits per heavy atom. The molecule has 1 saturated heterocycles. The Bertz CT molecular complexity index is 589. The number of carbonyl (C=O) groups is 1. The number of rotatable bonds is 8. The van der Waals surface area contributed by atoms with Gasteiger partial charge in [0.25, 0.3) is 5.91 Å². The van der Waals surface area contributed by atoms with Gasteiger partial charge in [0.05, 0.1) is 6.61 Å². The zero-order chi connectivity index (χ0) is 19.2. The molecule has 5 heteroatoms. The smallest absolute Gasteiger partial charge is 0.260 e. The number of hydrogen-bond donors (Lipinski definition) is 2. The number of hydrogen-bond acceptors (Lipinski definition) is 4. The van der Waals surface area contributed by atoms with Crippen LogP contribution in [0, 0.1) is 12.3 Å². The van der Waals surface area contributed by atoms with E-state index in [2.05, 4.69) is 37.5 Å². The normalized spacial score (nSPS) is 17.8. The fourth-order valence-electron chi connectivity index (χ4n) is 3.68. The molecule has 0 aromatic heterocycles. The van der Waals surface area contributed by atoms with Gasteiger partial charge in [0, 0.05) is 19.1 Å². The number of methoxy groups -OCH3 is 1. The van der Waals surface area contributed by atoms with Gasteiger partial charge in [-0.25, -0.2) is 0 Å². The van der Waals surface area contributed by atoms with E-state index in [-0.39, 0.29) is 11.3 Å². The van der Waals surface area contributed by atoms with Gasteiger partial charge in [-0.05, 0) is 69.0 Å². The van der Waals surface area contributed by atoms with Crippen LogP contribution in [0.1, 0.15) is 50.7 Å². The SMILES string of the molecule is COCC1(CNC(=O)C(C)Oc2ccc(C(C)C)c(C)c2)CCNCC1. The minimum atomic E-state index is -0.527. The van der Waals surface area contributed by atoms with E-state index in [1.165, 1.54) is 11.1 Å². The summed E-state index contributed by atoms with van der Waals surface area (Å²) in [6, 6.07) is 6.05. The molecule has 146 valence electrons. The third-order valence-electron chi connectivity index (χ3n) is 5.30. The second-order valence-electron chi connectivity index (χ2n) is 7.83. The highest BCUT2D eigenvalue weighted by Gasteiger charge is 2.33. The number of aryl methyl sites for hydroxylation is 1. The first-order chi connectivity index (χ1) is 12.4. The highest BCUT2D eigenvalue weighted by atomic mass is 16.5. The second-order valence-corrected chi connectivity index (χ2v) is 7.83. The minimum absolute atomic E-state index is 0.0187. The van der Waals surface area contributed by atoms with E-state index in [4.69, 9.17) is 9.47 Å². The van der Waals surface area contributed by atoms with Crippen molar-refractivity contribution in [3.63, 3.8) is 0 Å². The van der Waals surface area contributed by atoms with Crippen LogP contribution < -0.4 is 15.4 Å². The molecule has 0 radical (unpaired) electrons. The number of carbonyl (C=O) groups excluding carboxylic acids is 1. The molecule has 1 atom stereocenters. The average Bonchev–Trinajstić information content (AvgIpc) is 2.60. The first-order valence-electron chi connectivity index (χ1n) is 9.61. The lowest BCUT2D eigenvalue weighted by molar-refractivity contribution is -0.128. The van der Waals surface area contributed by atoms with Crippen molar-refractivity contribution >= 4 is 5.91 Å². The monoisotopic (exact) mass is 362 g/mol. The molecule has 1 aliphatic heterocycles. The Kier molecular flexibility index (Phi) is 7.47. The molecule has 2 rings (SSSR count). The molecule has 1 aromatic rings. The van der Waals surface area contributed by atoms with Crippen LogP contribution in [0.15, 0.2) is 18.2 Å². The average molecular weight is 363 g/mol. The maximum absolute atomic E-state index is 12.5. The fraction of sp³-hybridized carbons (Fsp3) is 0.667. The molecule has 26 heavy (non-hydrogen) atoms. The summed E-state index contributed by atoms with van der Waals surface area (Å²) in [5.74, 6) is 1.14. The number of nitrogens with one attached hydrogen (secondary N) is 2. The lowest BCUT2D eigenvalue weighted by Crippen LogP contribution is -2.49. The van der Waals surface area contributed by atoms with Gasteiger partial charge in [0.15, 0.2) is 6.10 Å². The molecule has 0 bridgehead atoms. The zero-order valence-electron chi connectivity index (χ0n) is 16.9. The lowest BCUT2D eigenvalue weighted by Gasteiger charge is -2.37. The molecular weight excluding hydrogens is 328 g/mol. The standard InChI is InChI=1S/C21H34N2O3/c1-15(2)19-7-6-18(12-16(19)3)26-17(4)20(24)23-13-21(14-25-5)8-10-22-11-9-21/h6-7,12,15,17,22H,8-11,13-14H2,1-5H3,(H,23,24). The largest absolute Gasteiger partial charge is 0.481 e. The van der Waals surface area contributed by atoms with Crippen molar-refractivity contribution in [1.82, 2.24) is 10.6 Å². The molecule has 2 N–H and O–H groups in total. The van der Waals surface area contributed by atoms with Crippen molar-refractivity contribution in [2.24, 2.45) is 5.41 Å². The molecule has 1 unspecified atom stereocenters. The molecule has 1 aromatic carbocycles. The molecule has 0 saturated carbocycles. The van der Waals surface area contributed by atoms with E-state index < -0.39 is 6.10 Å². The van der Waals surface area contributed by atoms with E-state index >= 15 is 0 Å². The molecule has 5 nitrogen and oxygen atoms in total. The highest BCUT2D eigenvalue weighted by Crippen LogP contribution is 2.28. The van der Waals surface area contributed by atoms with Crippen molar-refractivity contribution in [2.75, 3.05) is 33.4 Å². The van der Waals surface area contributed by atoms with Gasteiger partial charge in [-0.15, -0.1) is 0 Å². The summed E-state index contributed by atoms with van der Waals surface area (Å²) in [5.41, 5.74) is 2.52. The molecule has 1 fully saturated rings. The maximum atomic E-state index is 12.5. The Morgan fingerprint density at radius 2 is 1.96 bits per heavy atom. The summed E-state index contributed by atoms with van der Waals surface area (Å²) in [4.78, 5) is 12.5. The van der Waals surface area contributed by atoms with Crippen LogP contribution in [0.5, 0.6) is 5.75 Å². The van der Waals surface area contributed by atoms with Gasteiger partial charge in [0.1, 0.15) is 5.75 Å². The number of ether oxygens (including phenoxy) is 2. The number of benzene rings is 1. The van der Waals surface area contributed by atoms with Crippen molar-refractivity contribution in [3.8, 4) is 5.75 Å². The summed E-state index contributed by atoms with van der Waals surface area (Å²) in [6.07, 6.45) is 1.49. The number of amides is 1.